The van der Waals surface area contributed by atoms with Gasteiger partial charge in [0.25, 0.3) is 5.91 Å². The molecule has 1 heterocycles. The molecule has 0 atom stereocenters. The Morgan fingerprint density at radius 1 is 1.27 bits per heavy atom. The van der Waals surface area contributed by atoms with Crippen LogP contribution in [0, 0.1) is 5.82 Å². The maximum atomic E-state index is 14.1. The average molecular weight is 322 g/mol. The van der Waals surface area contributed by atoms with Gasteiger partial charge in [-0.05, 0) is 31.5 Å². The molecule has 2 rings (SSSR count). The molecule has 0 aliphatic rings. The number of pyridine rings is 1. The molecule has 0 fully saturated rings. The molecule has 0 aliphatic heterocycles. The number of nitrogens with one attached hydrogen (secondary N) is 1. The first-order valence-corrected chi connectivity index (χ1v) is 9.08. The second kappa shape index (κ2) is 6.28. The van der Waals surface area contributed by atoms with Crippen LogP contribution in [-0.4, -0.2) is 31.3 Å². The summed E-state index contributed by atoms with van der Waals surface area (Å²) in [6.45, 7) is 3.09. The fourth-order valence-corrected chi connectivity index (χ4v) is 2.68. The minimum absolute atomic E-state index is 0.118. The highest BCUT2D eigenvalue weighted by molar-refractivity contribution is 7.70. The molecule has 7 heteroatoms. The molecular weight excluding hydrogens is 306 g/mol. The predicted molar refractivity (Wildman–Crippen MR) is 84.2 cm³/mol. The Labute approximate surface area is 127 Å². The number of hydrogen-bond donors (Lipinski definition) is 1. The normalized spacial score (nSPS) is 11.1. The van der Waals surface area contributed by atoms with Gasteiger partial charge in [-0.25, -0.2) is 9.37 Å². The van der Waals surface area contributed by atoms with Gasteiger partial charge < -0.3 is 14.6 Å². The third-order valence-corrected chi connectivity index (χ3v) is 4.54. The van der Waals surface area contributed by atoms with Crippen molar-refractivity contribution in [2.45, 2.75) is 0 Å². The molecule has 1 N–H and O–H groups in total. The number of nitrogens with zero attached hydrogens (tertiary/aromatic N) is 1. The maximum Gasteiger partial charge on any atom is 0.258 e. The Bertz CT molecular complexity index is 758. The van der Waals surface area contributed by atoms with Gasteiger partial charge in [-0.1, -0.05) is 6.07 Å². The molecule has 0 saturated heterocycles. The lowest BCUT2D eigenvalue weighted by Gasteiger charge is -2.10. The van der Waals surface area contributed by atoms with Crippen molar-refractivity contribution in [3.05, 3.63) is 47.9 Å². The minimum Gasteiger partial charge on any atom is -0.481 e. The highest BCUT2D eigenvalue weighted by atomic mass is 31.2. The summed E-state index contributed by atoms with van der Waals surface area (Å²) in [6.07, 6.45) is 1.47. The number of benzene rings is 1. The molecule has 0 saturated carbocycles. The summed E-state index contributed by atoms with van der Waals surface area (Å²) in [6, 6.07) is 7.07. The first-order valence-electron chi connectivity index (χ1n) is 6.48. The Hall–Kier alpha value is -2.20. The third kappa shape index (κ3) is 3.71. The monoisotopic (exact) mass is 322 g/mol. The number of halogens is 1. The van der Waals surface area contributed by atoms with Crippen molar-refractivity contribution in [2.75, 3.05) is 25.8 Å². The number of carbonyl (C=O) groups excluding carboxylic acids is 1. The largest absolute Gasteiger partial charge is 0.481 e. The van der Waals surface area contributed by atoms with Gasteiger partial charge in [0, 0.05) is 23.3 Å². The van der Waals surface area contributed by atoms with Crippen molar-refractivity contribution in [1.82, 2.24) is 4.98 Å². The smallest absolute Gasteiger partial charge is 0.258 e. The molecule has 0 spiro atoms. The molecule has 0 unspecified atom stereocenters. The molecule has 5 nitrogen and oxygen atoms in total. The molecule has 0 bridgehead atoms. The van der Waals surface area contributed by atoms with Crippen LogP contribution in [0.1, 0.15) is 10.4 Å². The van der Waals surface area contributed by atoms with E-state index in [9.17, 15) is 13.8 Å². The zero-order valence-corrected chi connectivity index (χ0v) is 13.4. The molecule has 1 aromatic heterocycles. The number of rotatable bonds is 4. The van der Waals surface area contributed by atoms with Crippen LogP contribution in [0.2, 0.25) is 0 Å². The molecule has 1 amide bonds. The summed E-state index contributed by atoms with van der Waals surface area (Å²) >= 11 is 0. The van der Waals surface area contributed by atoms with Crippen LogP contribution in [0.15, 0.2) is 36.5 Å². The van der Waals surface area contributed by atoms with Gasteiger partial charge in [0.1, 0.15) is 13.0 Å². The molecule has 2 aromatic rings. The van der Waals surface area contributed by atoms with Gasteiger partial charge in [0.2, 0.25) is 5.88 Å². The fraction of sp³-hybridized carbons (Fsp3) is 0.200. The minimum atomic E-state index is -2.57. The molecule has 1 aromatic carbocycles. The lowest BCUT2D eigenvalue weighted by atomic mass is 10.2. The summed E-state index contributed by atoms with van der Waals surface area (Å²) in [5, 5.41) is 2.96. The van der Waals surface area contributed by atoms with Crippen molar-refractivity contribution in [3.8, 4) is 5.88 Å². The molecule has 116 valence electrons. The van der Waals surface area contributed by atoms with Crippen LogP contribution < -0.4 is 15.4 Å². The van der Waals surface area contributed by atoms with E-state index in [-0.39, 0.29) is 5.56 Å². The standard InChI is InChI=1S/C15H16FN2O3P/c1-21-14-8-10(6-7-17-14)18-15(19)12-5-4-11(9-13(12)16)22(2,3)20/h4-9H,1-3H3,(H,17,18,19). The number of methoxy groups -OCH3 is 1. The van der Waals surface area contributed by atoms with Crippen molar-refractivity contribution in [1.29, 1.82) is 0 Å². The Kier molecular flexibility index (Phi) is 4.62. The molecule has 22 heavy (non-hydrogen) atoms. The zero-order chi connectivity index (χ0) is 16.3. The number of amides is 1. The van der Waals surface area contributed by atoms with E-state index < -0.39 is 18.9 Å². The van der Waals surface area contributed by atoms with E-state index in [0.29, 0.717) is 16.9 Å². The lowest BCUT2D eigenvalue weighted by Crippen LogP contribution is -2.16. The van der Waals surface area contributed by atoms with Crippen LogP contribution in [0.25, 0.3) is 0 Å². The van der Waals surface area contributed by atoms with Crippen molar-refractivity contribution in [2.24, 2.45) is 0 Å². The SMILES string of the molecule is COc1cc(NC(=O)c2ccc(P(C)(C)=O)cc2F)ccn1. The van der Waals surface area contributed by atoms with E-state index in [4.69, 9.17) is 4.74 Å². The van der Waals surface area contributed by atoms with E-state index in [1.54, 1.807) is 19.4 Å². The number of anilines is 1. The van der Waals surface area contributed by atoms with Crippen molar-refractivity contribution >= 4 is 24.0 Å². The van der Waals surface area contributed by atoms with E-state index in [1.807, 2.05) is 0 Å². The van der Waals surface area contributed by atoms with E-state index in [1.165, 1.54) is 31.5 Å². The Morgan fingerprint density at radius 3 is 2.59 bits per heavy atom. The van der Waals surface area contributed by atoms with Gasteiger partial charge in [-0.2, -0.15) is 0 Å². The van der Waals surface area contributed by atoms with Gasteiger partial charge in [-0.3, -0.25) is 4.79 Å². The Balaban J connectivity index is 2.24. The van der Waals surface area contributed by atoms with Crippen molar-refractivity contribution in [3.63, 3.8) is 0 Å². The van der Waals surface area contributed by atoms with Crippen LogP contribution in [0.3, 0.4) is 0 Å². The summed E-state index contributed by atoms with van der Waals surface area (Å²) in [5.41, 5.74) is 0.324. The summed E-state index contributed by atoms with van der Waals surface area (Å²) in [4.78, 5) is 16.0. The molecular formula is C15H16FN2O3P. The second-order valence-electron chi connectivity index (χ2n) is 5.06. The zero-order valence-electron chi connectivity index (χ0n) is 12.5. The number of ether oxygens (including phenoxy) is 1. The number of aromatic nitrogens is 1. The topological polar surface area (TPSA) is 68.3 Å². The van der Waals surface area contributed by atoms with Gasteiger partial charge in [-0.15, -0.1) is 0 Å². The third-order valence-electron chi connectivity index (χ3n) is 3.02. The number of hydrogen-bond acceptors (Lipinski definition) is 4. The predicted octanol–water partition coefficient (Wildman–Crippen LogP) is 2.73. The maximum absolute atomic E-state index is 14.1. The number of carbonyl (C=O) groups is 1. The van der Waals surface area contributed by atoms with Gasteiger partial charge >= 0.3 is 0 Å². The lowest BCUT2D eigenvalue weighted by molar-refractivity contribution is 0.102. The van der Waals surface area contributed by atoms with Gasteiger partial charge in [0.05, 0.1) is 12.7 Å². The van der Waals surface area contributed by atoms with E-state index >= 15 is 0 Å². The van der Waals surface area contributed by atoms with Crippen molar-refractivity contribution < 1.29 is 18.5 Å². The second-order valence-corrected chi connectivity index (χ2v) is 8.27. The summed E-state index contributed by atoms with van der Waals surface area (Å²) < 4.78 is 30.9. The molecule has 0 radical (unpaired) electrons. The highest BCUT2D eigenvalue weighted by Crippen LogP contribution is 2.34. The highest BCUT2D eigenvalue weighted by Gasteiger charge is 2.17. The van der Waals surface area contributed by atoms with E-state index in [0.717, 1.165) is 6.07 Å². The fourth-order valence-electron chi connectivity index (χ4n) is 1.82. The van der Waals surface area contributed by atoms with Crippen LogP contribution in [-0.2, 0) is 4.57 Å². The summed E-state index contributed by atoms with van der Waals surface area (Å²) in [7, 11) is -1.11. The van der Waals surface area contributed by atoms with Crippen LogP contribution in [0.4, 0.5) is 10.1 Å². The van der Waals surface area contributed by atoms with Crippen LogP contribution >= 0.6 is 7.14 Å². The first-order chi connectivity index (χ1) is 10.3. The average Bonchev–Trinajstić information content (AvgIpc) is 2.46. The molecule has 0 aliphatic carbocycles. The van der Waals surface area contributed by atoms with Crippen LogP contribution in [0.5, 0.6) is 5.88 Å². The quantitative estimate of drug-likeness (QED) is 0.879. The summed E-state index contributed by atoms with van der Waals surface area (Å²) in [5.74, 6) is -0.967. The van der Waals surface area contributed by atoms with Gasteiger partial charge in [0.15, 0.2) is 0 Å². The first kappa shape index (κ1) is 16.2. The Morgan fingerprint density at radius 2 is 2.00 bits per heavy atom. The van der Waals surface area contributed by atoms with E-state index in [2.05, 4.69) is 10.3 Å².